The lowest BCUT2D eigenvalue weighted by atomic mass is 9.92. The summed E-state index contributed by atoms with van der Waals surface area (Å²) >= 11 is 0. The highest BCUT2D eigenvalue weighted by Crippen LogP contribution is 2.44. The largest absolute Gasteiger partial charge is 0.456 e. The minimum atomic E-state index is -1.06. The topological polar surface area (TPSA) is 104 Å². The minimum absolute atomic E-state index is 0.376. The molecule has 0 radical (unpaired) electrons. The highest BCUT2D eigenvalue weighted by Gasteiger charge is 2.21. The van der Waals surface area contributed by atoms with Crippen LogP contribution in [0.4, 0.5) is 0 Å². The molecule has 18 rings (SSSR count). The lowest BCUT2D eigenvalue weighted by molar-refractivity contribution is 0.669. The second-order valence-corrected chi connectivity index (χ2v) is 18.9. The van der Waals surface area contributed by atoms with Crippen molar-refractivity contribution in [3.8, 4) is 102 Å². The summed E-state index contributed by atoms with van der Waals surface area (Å²) in [4.78, 5) is 25.4. The molecule has 92 heavy (non-hydrogen) atoms. The van der Waals surface area contributed by atoms with Gasteiger partial charge in [0, 0.05) is 54.9 Å². The maximum absolute atomic E-state index is 9.35. The number of hydrogen-bond acceptors (Lipinski definition) is 8. The van der Waals surface area contributed by atoms with Gasteiger partial charge in [0.2, 0.25) is 0 Å². The first kappa shape index (κ1) is 22.5. The Morgan fingerprint density at radius 1 is 0.185 bits per heavy atom. The Morgan fingerprint density at radius 3 is 0.946 bits per heavy atom. The summed E-state index contributed by atoms with van der Waals surface area (Å²) in [5.41, 5.74) is -11.1. The standard InChI is InChI=1S/C43H27N3O.C41H25N3O/c1-3-11-32(12-4-1)41-44-42(33-13-5-2-6-14-33)46-43(45-41)34-24-20-29(21-25-34)28-18-22-31(23-19-28)36-16-9-17-37-39(36)40-35-15-8-7-10-30(35)26-27-38(40)47-37;1-3-13-27(14-4-1)39-42-40(28-15-5-2-6-16-28)44-41(43-39)34-22-10-18-30-31(19-9-20-32(30)34)33-21-11-23-35-38(33)37-29-17-8-7-12-26(29)24-25-36(37)45-35/h1-27H;1-25H/i1D,2D,3D,4D,5D,6D,7D,8D,9D,10D,11D,12D,13D,14D,15D,16D,17D,18D,19D,20D,21D,22D,23D,24D,25D,26D,27D;1D,2D,3D,4D,5D,6D,7D,8D,9D,10D,11D,12D,13D,14D,15D,16D,17D,18D,19D,20D,21D,22D,23D,24D,25D. The maximum atomic E-state index is 9.35. The van der Waals surface area contributed by atoms with Crippen LogP contribution in [0.5, 0.6) is 0 Å². The summed E-state index contributed by atoms with van der Waals surface area (Å²) in [5.74, 6) is -4.91. The average molecular weight is 1230 g/mol. The fraction of sp³-hybridized carbons (Fsp3) is 0. The summed E-state index contributed by atoms with van der Waals surface area (Å²) in [7, 11) is 0. The zero-order valence-electron chi connectivity index (χ0n) is 97.5. The molecule has 0 bridgehead atoms. The minimum Gasteiger partial charge on any atom is -0.456 e. The monoisotopic (exact) mass is 1230 g/mol. The van der Waals surface area contributed by atoms with E-state index in [1.54, 1.807) is 0 Å². The van der Waals surface area contributed by atoms with E-state index in [1.807, 2.05) is 0 Å². The Bertz CT molecular complexity index is 8770. The van der Waals surface area contributed by atoms with Crippen molar-refractivity contribution in [2.75, 3.05) is 0 Å². The van der Waals surface area contributed by atoms with E-state index in [-0.39, 0.29) is 5.39 Å². The molecule has 14 aromatic carbocycles. The van der Waals surface area contributed by atoms with Gasteiger partial charge in [0.25, 0.3) is 0 Å². The van der Waals surface area contributed by atoms with Crippen molar-refractivity contribution >= 4 is 76.2 Å². The Balaban J connectivity index is 0.000000198. The SMILES string of the molecule is [2H]c1c([2H])c([2H])c(-c2nc(-c3c([2H])c([2H])c([2H])c([2H])c3[2H])nc(-c3c([2H])c([2H])c(-c4c([2H])c([2H])c(-c5c([2H])c([2H])c([2H])c6oc7c([2H])c([2H])c8c([2H])c([2H])c([2H])c([2H])c8c7c56)c([2H])c4[2H])c([2H])c3[2H])n2)c([2H])c1[2H].[2H]c1c([2H])c([2H])c(-c2nc(-c3c([2H])c([2H])c([2H])c([2H])c3[2H])nc(-c3c([2H])c([2H])c([2H])c4c(-c5c([2H])c([2H])c([2H])c6oc7c([2H])c([2H])c8c([2H])c([2H])c([2H])c([2H])c8c7c56)c([2H])c([2H])c([2H])c34)n2)c([2H])c1[2H]. The van der Waals surface area contributed by atoms with Gasteiger partial charge in [-0.25, -0.2) is 29.9 Å². The van der Waals surface area contributed by atoms with Crippen LogP contribution in [0.2, 0.25) is 0 Å². The van der Waals surface area contributed by atoms with Crippen molar-refractivity contribution in [2.45, 2.75) is 0 Å². The fourth-order valence-corrected chi connectivity index (χ4v) is 9.67. The zero-order chi connectivity index (χ0) is 106. The first-order valence-corrected chi connectivity index (χ1v) is 26.5. The molecule has 8 nitrogen and oxygen atoms in total. The third-order valence-electron chi connectivity index (χ3n) is 13.6. The van der Waals surface area contributed by atoms with Crippen LogP contribution in [0.25, 0.3) is 178 Å². The normalized spacial score (nSPS) is 19.4. The van der Waals surface area contributed by atoms with Crippen LogP contribution in [-0.4, -0.2) is 29.9 Å². The van der Waals surface area contributed by atoms with Crippen molar-refractivity contribution in [1.82, 2.24) is 29.9 Å². The molecule has 0 aliphatic carbocycles. The number of fused-ring (bicyclic) bond motifs is 11. The van der Waals surface area contributed by atoms with Crippen molar-refractivity contribution in [2.24, 2.45) is 0 Å². The van der Waals surface area contributed by atoms with E-state index in [0.717, 1.165) is 0 Å². The Morgan fingerprint density at radius 2 is 0.489 bits per heavy atom. The van der Waals surface area contributed by atoms with E-state index in [9.17, 15) is 17.8 Å². The molecule has 0 fully saturated rings. The van der Waals surface area contributed by atoms with Crippen molar-refractivity contribution in [1.29, 1.82) is 0 Å². The fourth-order valence-electron chi connectivity index (χ4n) is 9.67. The van der Waals surface area contributed by atoms with Crippen LogP contribution < -0.4 is 0 Å². The van der Waals surface area contributed by atoms with E-state index in [1.165, 1.54) is 0 Å². The van der Waals surface area contributed by atoms with Gasteiger partial charge >= 0.3 is 0 Å². The summed E-state index contributed by atoms with van der Waals surface area (Å²) in [6.07, 6.45) is 0. The first-order chi connectivity index (χ1) is 67.2. The first-order valence-electron chi connectivity index (χ1n) is 52.5. The van der Waals surface area contributed by atoms with E-state index in [2.05, 4.69) is 29.9 Å². The Kier molecular flexibility index (Phi) is 5.60. The Labute approximate surface area is 602 Å². The molecule has 0 saturated carbocycles. The van der Waals surface area contributed by atoms with Gasteiger partial charge in [0.15, 0.2) is 34.9 Å². The lowest BCUT2D eigenvalue weighted by Crippen LogP contribution is -2.00. The zero-order valence-corrected chi connectivity index (χ0v) is 45.5. The second-order valence-electron chi connectivity index (χ2n) is 18.9. The molecule has 4 heterocycles. The number of rotatable bonds is 9. The van der Waals surface area contributed by atoms with Crippen LogP contribution in [-0.2, 0) is 0 Å². The van der Waals surface area contributed by atoms with Gasteiger partial charge in [-0.15, -0.1) is 0 Å². The lowest BCUT2D eigenvalue weighted by Gasteiger charge is -2.13. The Hall–Kier alpha value is -12.5. The average Bonchev–Trinajstić information content (AvgIpc) is 1.46. The van der Waals surface area contributed by atoms with Gasteiger partial charge in [-0.2, -0.15) is 0 Å². The van der Waals surface area contributed by atoms with Crippen LogP contribution in [0, 0.1) is 0 Å². The molecule has 0 saturated heterocycles. The predicted octanol–water partition coefficient (Wildman–Crippen LogP) is 22.0. The number of hydrogen-bond donors (Lipinski definition) is 0. The molecule has 430 valence electrons. The van der Waals surface area contributed by atoms with Gasteiger partial charge in [-0.3, -0.25) is 0 Å². The van der Waals surface area contributed by atoms with Crippen LogP contribution in [0.1, 0.15) is 71.3 Å². The number of aromatic nitrogens is 6. The quantitative estimate of drug-likeness (QED) is 0.141. The molecule has 0 N–H and O–H groups in total. The number of benzene rings is 14. The van der Waals surface area contributed by atoms with Crippen LogP contribution in [0.3, 0.4) is 0 Å². The van der Waals surface area contributed by atoms with E-state index in [0.29, 0.717) is 0 Å². The third kappa shape index (κ3) is 9.76. The molecule has 0 spiro atoms. The van der Waals surface area contributed by atoms with Gasteiger partial charge in [0.1, 0.15) is 22.3 Å². The van der Waals surface area contributed by atoms with Crippen molar-refractivity contribution in [3.05, 3.63) is 314 Å². The summed E-state index contributed by atoms with van der Waals surface area (Å²) in [6, 6.07) is -45.8. The molecule has 0 aliphatic heterocycles. The van der Waals surface area contributed by atoms with Crippen molar-refractivity contribution < 1.29 is 80.1 Å². The maximum Gasteiger partial charge on any atom is 0.164 e. The highest BCUT2D eigenvalue weighted by atomic mass is 16.3. The van der Waals surface area contributed by atoms with E-state index >= 15 is 0 Å². The molecule has 18 aromatic rings. The predicted molar refractivity (Wildman–Crippen MR) is 376 cm³/mol. The number of nitrogens with zero attached hydrogens (tertiary/aromatic N) is 6. The second kappa shape index (κ2) is 22.9. The van der Waals surface area contributed by atoms with Gasteiger partial charge in [-0.05, 0) is 89.9 Å². The number of furan rings is 2. The van der Waals surface area contributed by atoms with Crippen molar-refractivity contribution in [3.63, 3.8) is 0 Å². The van der Waals surface area contributed by atoms with Gasteiger partial charge in [-0.1, -0.05) is 290 Å². The van der Waals surface area contributed by atoms with E-state index in [4.69, 9.17) is 62.3 Å². The molecule has 8 heteroatoms. The molecular formula is C84H52N6O2. The molecule has 0 amide bonds. The van der Waals surface area contributed by atoms with E-state index < -0.39 is 487 Å². The highest BCUT2D eigenvalue weighted by molar-refractivity contribution is 6.25. The summed E-state index contributed by atoms with van der Waals surface area (Å²) in [6.45, 7) is 0. The van der Waals surface area contributed by atoms with Gasteiger partial charge < -0.3 is 8.83 Å². The molecule has 0 unspecified atom stereocenters. The van der Waals surface area contributed by atoms with Gasteiger partial charge in [0.05, 0.1) is 71.3 Å². The third-order valence-corrected chi connectivity index (χ3v) is 13.6. The molecular weight excluding hydrogens is 1120 g/mol. The summed E-state index contributed by atoms with van der Waals surface area (Å²) in [5, 5.41) is -4.89. The molecule has 0 aliphatic rings. The molecule has 4 aromatic heterocycles. The van der Waals surface area contributed by atoms with Crippen LogP contribution >= 0.6 is 0 Å². The smallest absolute Gasteiger partial charge is 0.164 e. The summed E-state index contributed by atoms with van der Waals surface area (Å²) < 4.78 is 466. The molecule has 0 atom stereocenters. The van der Waals surface area contributed by atoms with Crippen LogP contribution in [0.15, 0.2) is 323 Å².